The molecular weight excluding hydrogens is 248 g/mol. The van der Waals surface area contributed by atoms with Crippen LogP contribution in [0, 0.1) is 0 Å². The third-order valence-electron chi connectivity index (χ3n) is 4.05. The maximum absolute atomic E-state index is 12.6. The SMILES string of the molecule is O=C(Cc1cccc(O)c1)C1CCCc2ccccc21. The first-order valence-electron chi connectivity index (χ1n) is 7.12. The molecule has 0 aliphatic heterocycles. The van der Waals surface area contributed by atoms with Gasteiger partial charge in [-0.2, -0.15) is 0 Å². The van der Waals surface area contributed by atoms with Crippen molar-refractivity contribution < 1.29 is 9.90 Å². The lowest BCUT2D eigenvalue weighted by Gasteiger charge is -2.24. The Balaban J connectivity index is 1.82. The minimum absolute atomic E-state index is 0.0160. The van der Waals surface area contributed by atoms with Gasteiger partial charge in [-0.15, -0.1) is 0 Å². The maximum Gasteiger partial charge on any atom is 0.144 e. The summed E-state index contributed by atoms with van der Waals surface area (Å²) in [6, 6.07) is 15.2. The number of phenols is 1. The van der Waals surface area contributed by atoms with E-state index in [0.717, 1.165) is 24.8 Å². The fourth-order valence-corrected chi connectivity index (χ4v) is 3.08. The second-order valence-corrected chi connectivity index (χ2v) is 5.46. The molecule has 2 aromatic carbocycles. The second-order valence-electron chi connectivity index (χ2n) is 5.46. The molecule has 1 unspecified atom stereocenters. The Morgan fingerprint density at radius 1 is 1.15 bits per heavy atom. The van der Waals surface area contributed by atoms with Crippen molar-refractivity contribution in [2.24, 2.45) is 0 Å². The number of Topliss-reactive ketones (excluding diaryl/α,β-unsaturated/α-hetero) is 1. The van der Waals surface area contributed by atoms with Crippen molar-refractivity contribution in [1.82, 2.24) is 0 Å². The molecule has 1 aliphatic carbocycles. The third-order valence-corrected chi connectivity index (χ3v) is 4.05. The summed E-state index contributed by atoms with van der Waals surface area (Å²) in [5.74, 6) is 0.490. The van der Waals surface area contributed by atoms with Gasteiger partial charge < -0.3 is 5.11 Å². The smallest absolute Gasteiger partial charge is 0.144 e. The topological polar surface area (TPSA) is 37.3 Å². The molecule has 0 amide bonds. The van der Waals surface area contributed by atoms with Gasteiger partial charge in [-0.1, -0.05) is 36.4 Å². The van der Waals surface area contributed by atoms with Gasteiger partial charge >= 0.3 is 0 Å². The molecule has 102 valence electrons. The monoisotopic (exact) mass is 266 g/mol. The molecule has 0 saturated carbocycles. The van der Waals surface area contributed by atoms with E-state index in [-0.39, 0.29) is 17.5 Å². The van der Waals surface area contributed by atoms with Gasteiger partial charge in [-0.25, -0.2) is 0 Å². The molecule has 2 nitrogen and oxygen atoms in total. The number of aromatic hydroxyl groups is 1. The van der Waals surface area contributed by atoms with Gasteiger partial charge in [0.25, 0.3) is 0 Å². The molecule has 2 heteroatoms. The number of hydrogen-bond acceptors (Lipinski definition) is 2. The summed E-state index contributed by atoms with van der Waals surface area (Å²) >= 11 is 0. The predicted octanol–water partition coefficient (Wildman–Crippen LogP) is 3.62. The lowest BCUT2D eigenvalue weighted by Crippen LogP contribution is -2.20. The minimum atomic E-state index is 0.0160. The number of carbonyl (C=O) groups is 1. The van der Waals surface area contributed by atoms with Gasteiger partial charge in [0.2, 0.25) is 0 Å². The second kappa shape index (κ2) is 5.49. The van der Waals surface area contributed by atoms with Crippen molar-refractivity contribution in [2.75, 3.05) is 0 Å². The highest BCUT2D eigenvalue weighted by Gasteiger charge is 2.25. The van der Waals surface area contributed by atoms with Crippen LogP contribution in [0.2, 0.25) is 0 Å². The van der Waals surface area contributed by atoms with E-state index < -0.39 is 0 Å². The molecule has 0 fully saturated rings. The summed E-state index contributed by atoms with van der Waals surface area (Å²) < 4.78 is 0. The Kier molecular flexibility index (Phi) is 3.55. The van der Waals surface area contributed by atoms with Crippen LogP contribution in [-0.2, 0) is 17.6 Å². The Bertz CT molecular complexity index is 631. The van der Waals surface area contributed by atoms with Gasteiger partial charge in [0.15, 0.2) is 0 Å². The van der Waals surface area contributed by atoms with E-state index in [1.807, 2.05) is 18.2 Å². The molecular formula is C18H18O2. The van der Waals surface area contributed by atoms with Gasteiger partial charge in [-0.3, -0.25) is 4.79 Å². The molecule has 0 bridgehead atoms. The number of phenolic OH excluding ortho intramolecular Hbond substituents is 1. The lowest BCUT2D eigenvalue weighted by atomic mass is 9.79. The number of benzene rings is 2. The number of aryl methyl sites for hydroxylation is 1. The number of fused-ring (bicyclic) bond motifs is 1. The zero-order valence-electron chi connectivity index (χ0n) is 11.4. The Morgan fingerprint density at radius 2 is 2.00 bits per heavy atom. The highest BCUT2D eigenvalue weighted by molar-refractivity contribution is 5.88. The number of ketones is 1. The molecule has 0 spiro atoms. The average Bonchev–Trinajstić information content (AvgIpc) is 2.46. The van der Waals surface area contributed by atoms with Crippen molar-refractivity contribution in [3.63, 3.8) is 0 Å². The van der Waals surface area contributed by atoms with Crippen LogP contribution in [-0.4, -0.2) is 10.9 Å². The average molecular weight is 266 g/mol. The van der Waals surface area contributed by atoms with Crippen LogP contribution in [0.15, 0.2) is 48.5 Å². The van der Waals surface area contributed by atoms with Gasteiger partial charge in [0, 0.05) is 12.3 Å². The van der Waals surface area contributed by atoms with E-state index in [1.165, 1.54) is 11.1 Å². The van der Waals surface area contributed by atoms with Crippen LogP contribution in [0.1, 0.15) is 35.4 Å². The van der Waals surface area contributed by atoms with Crippen molar-refractivity contribution in [1.29, 1.82) is 0 Å². The van der Waals surface area contributed by atoms with E-state index in [1.54, 1.807) is 18.2 Å². The number of rotatable bonds is 3. The fourth-order valence-electron chi connectivity index (χ4n) is 3.08. The highest BCUT2D eigenvalue weighted by atomic mass is 16.3. The normalized spacial score (nSPS) is 17.5. The van der Waals surface area contributed by atoms with Crippen LogP contribution in [0.25, 0.3) is 0 Å². The summed E-state index contributed by atoms with van der Waals surface area (Å²) in [7, 11) is 0. The van der Waals surface area contributed by atoms with Gasteiger partial charge in [0.1, 0.15) is 11.5 Å². The van der Waals surface area contributed by atoms with Crippen LogP contribution in [0.3, 0.4) is 0 Å². The quantitative estimate of drug-likeness (QED) is 0.921. The molecule has 0 heterocycles. The fraction of sp³-hybridized carbons (Fsp3) is 0.278. The molecule has 2 aromatic rings. The summed E-state index contributed by atoms with van der Waals surface area (Å²) in [6.45, 7) is 0. The molecule has 0 radical (unpaired) electrons. The first-order chi connectivity index (χ1) is 9.74. The first kappa shape index (κ1) is 12.9. The molecule has 20 heavy (non-hydrogen) atoms. The lowest BCUT2D eigenvalue weighted by molar-refractivity contribution is -0.120. The molecule has 1 aliphatic rings. The van der Waals surface area contributed by atoms with Crippen molar-refractivity contribution in [3.05, 3.63) is 65.2 Å². The standard InChI is InChI=1S/C18H18O2/c19-15-8-3-5-13(11-15)12-18(20)17-10-4-7-14-6-1-2-9-16(14)17/h1-3,5-6,8-9,11,17,19H,4,7,10,12H2. The zero-order chi connectivity index (χ0) is 13.9. The van der Waals surface area contributed by atoms with Crippen LogP contribution >= 0.6 is 0 Å². The highest BCUT2D eigenvalue weighted by Crippen LogP contribution is 2.33. The van der Waals surface area contributed by atoms with E-state index >= 15 is 0 Å². The van der Waals surface area contributed by atoms with Crippen molar-refractivity contribution in [2.45, 2.75) is 31.6 Å². The number of hydrogen-bond donors (Lipinski definition) is 1. The van der Waals surface area contributed by atoms with Crippen molar-refractivity contribution >= 4 is 5.78 Å². The molecule has 0 saturated heterocycles. The van der Waals surface area contributed by atoms with Crippen molar-refractivity contribution in [3.8, 4) is 5.75 Å². The van der Waals surface area contributed by atoms with E-state index in [4.69, 9.17) is 0 Å². The van der Waals surface area contributed by atoms with Crippen LogP contribution in [0.4, 0.5) is 0 Å². The largest absolute Gasteiger partial charge is 0.508 e. The number of carbonyl (C=O) groups excluding carboxylic acids is 1. The molecule has 0 aromatic heterocycles. The summed E-state index contributed by atoms with van der Waals surface area (Å²) in [5, 5.41) is 9.48. The summed E-state index contributed by atoms with van der Waals surface area (Å²) in [5.41, 5.74) is 3.40. The molecule has 3 rings (SSSR count). The van der Waals surface area contributed by atoms with E-state index in [2.05, 4.69) is 12.1 Å². The summed E-state index contributed by atoms with van der Waals surface area (Å²) in [4.78, 5) is 12.6. The predicted molar refractivity (Wildman–Crippen MR) is 78.9 cm³/mol. The summed E-state index contributed by atoms with van der Waals surface area (Å²) in [6.07, 6.45) is 3.49. The third kappa shape index (κ3) is 2.60. The van der Waals surface area contributed by atoms with Gasteiger partial charge in [-0.05, 0) is 48.1 Å². The van der Waals surface area contributed by atoms with E-state index in [0.29, 0.717) is 6.42 Å². The minimum Gasteiger partial charge on any atom is -0.508 e. The molecule has 1 N–H and O–H groups in total. The zero-order valence-corrected chi connectivity index (χ0v) is 11.4. The van der Waals surface area contributed by atoms with Gasteiger partial charge in [0.05, 0.1) is 0 Å². The Morgan fingerprint density at radius 3 is 2.85 bits per heavy atom. The van der Waals surface area contributed by atoms with E-state index in [9.17, 15) is 9.90 Å². The van der Waals surface area contributed by atoms with Crippen LogP contribution in [0.5, 0.6) is 5.75 Å². The first-order valence-corrected chi connectivity index (χ1v) is 7.12. The maximum atomic E-state index is 12.6. The Hall–Kier alpha value is -2.09. The molecule has 1 atom stereocenters. The Labute approximate surface area is 119 Å². The van der Waals surface area contributed by atoms with Crippen LogP contribution < -0.4 is 0 Å².